The standard InChI is InChI=1S/C25H44O6/c1-18(2)11-15-25(28-7,29-8)20(4)10-9-13-23(5)21-12-14-24(31-21,17-30-23)16-19(3)22(26)27-6/h11,19-21H,9-10,12-17H2,1-8H3/t19?,20?,21-,23+,24-/m1/s1. The molecule has 2 bridgehead atoms. The van der Waals surface area contributed by atoms with E-state index in [0.717, 1.165) is 38.5 Å². The molecule has 6 nitrogen and oxygen atoms in total. The molecule has 6 heteroatoms. The Morgan fingerprint density at radius 3 is 2.48 bits per heavy atom. The second-order valence-corrected chi connectivity index (χ2v) is 10.1. The molecule has 0 amide bonds. The summed E-state index contributed by atoms with van der Waals surface area (Å²) in [6, 6.07) is 0. The van der Waals surface area contributed by atoms with E-state index < -0.39 is 5.79 Å². The highest BCUT2D eigenvalue weighted by Crippen LogP contribution is 2.47. The molecule has 0 aromatic carbocycles. The summed E-state index contributed by atoms with van der Waals surface area (Å²) >= 11 is 0. The summed E-state index contributed by atoms with van der Waals surface area (Å²) in [6.45, 7) is 11.0. The van der Waals surface area contributed by atoms with Crippen molar-refractivity contribution < 1.29 is 28.5 Å². The molecular weight excluding hydrogens is 396 g/mol. The van der Waals surface area contributed by atoms with Crippen molar-refractivity contribution >= 4 is 5.97 Å². The Labute approximate surface area is 189 Å². The van der Waals surface area contributed by atoms with E-state index in [1.54, 1.807) is 14.2 Å². The van der Waals surface area contributed by atoms with Crippen LogP contribution in [0.5, 0.6) is 0 Å². The summed E-state index contributed by atoms with van der Waals surface area (Å²) < 4.78 is 29.5. The van der Waals surface area contributed by atoms with Crippen LogP contribution < -0.4 is 0 Å². The second kappa shape index (κ2) is 10.8. The van der Waals surface area contributed by atoms with Gasteiger partial charge in [0.1, 0.15) is 0 Å². The lowest BCUT2D eigenvalue weighted by molar-refractivity contribution is -0.248. The van der Waals surface area contributed by atoms with Crippen molar-refractivity contribution in [1.29, 1.82) is 0 Å². The number of fused-ring (bicyclic) bond motifs is 2. The lowest BCUT2D eigenvalue weighted by atomic mass is 9.86. The van der Waals surface area contributed by atoms with E-state index in [4.69, 9.17) is 23.7 Å². The molecule has 0 aromatic rings. The summed E-state index contributed by atoms with van der Waals surface area (Å²) in [6.07, 6.45) is 8.46. The van der Waals surface area contributed by atoms with Gasteiger partial charge in [0.25, 0.3) is 0 Å². The highest BCUT2D eigenvalue weighted by atomic mass is 16.7. The van der Waals surface area contributed by atoms with Crippen LogP contribution in [0.1, 0.15) is 79.6 Å². The number of rotatable bonds is 12. The van der Waals surface area contributed by atoms with Crippen molar-refractivity contribution in [2.24, 2.45) is 11.8 Å². The van der Waals surface area contributed by atoms with E-state index in [-0.39, 0.29) is 35.1 Å². The third-order valence-electron chi connectivity index (χ3n) is 7.43. The Morgan fingerprint density at radius 1 is 1.23 bits per heavy atom. The molecule has 2 unspecified atom stereocenters. The van der Waals surface area contributed by atoms with Crippen molar-refractivity contribution in [3.8, 4) is 0 Å². The van der Waals surface area contributed by atoms with Crippen molar-refractivity contribution in [2.45, 2.75) is 103 Å². The van der Waals surface area contributed by atoms with E-state index in [9.17, 15) is 4.79 Å². The van der Waals surface area contributed by atoms with Gasteiger partial charge in [-0.25, -0.2) is 0 Å². The molecule has 2 heterocycles. The molecule has 0 N–H and O–H groups in total. The minimum Gasteiger partial charge on any atom is -0.469 e. The molecule has 31 heavy (non-hydrogen) atoms. The maximum Gasteiger partial charge on any atom is 0.308 e. The molecule has 2 aliphatic rings. The molecule has 2 saturated heterocycles. The fourth-order valence-electron chi connectivity index (χ4n) is 5.20. The molecule has 5 atom stereocenters. The minimum atomic E-state index is -0.603. The van der Waals surface area contributed by atoms with Crippen LogP contribution in [0.15, 0.2) is 11.6 Å². The van der Waals surface area contributed by atoms with E-state index in [0.29, 0.717) is 13.0 Å². The smallest absolute Gasteiger partial charge is 0.308 e. The van der Waals surface area contributed by atoms with Crippen LogP contribution >= 0.6 is 0 Å². The van der Waals surface area contributed by atoms with Gasteiger partial charge in [0, 0.05) is 26.6 Å². The first-order valence-corrected chi connectivity index (χ1v) is 11.7. The average Bonchev–Trinajstić information content (AvgIpc) is 3.12. The first-order valence-electron chi connectivity index (χ1n) is 11.7. The van der Waals surface area contributed by atoms with Gasteiger partial charge < -0.3 is 23.7 Å². The Bertz CT molecular complexity index is 624. The van der Waals surface area contributed by atoms with Gasteiger partial charge >= 0.3 is 5.97 Å². The van der Waals surface area contributed by atoms with Crippen molar-refractivity contribution in [3.05, 3.63) is 11.6 Å². The van der Waals surface area contributed by atoms with E-state index >= 15 is 0 Å². The zero-order chi connectivity index (χ0) is 23.3. The fourth-order valence-corrected chi connectivity index (χ4v) is 5.20. The third kappa shape index (κ3) is 6.10. The summed E-state index contributed by atoms with van der Waals surface area (Å²) in [5.41, 5.74) is 0.616. The molecule has 0 saturated carbocycles. The van der Waals surface area contributed by atoms with Crippen molar-refractivity contribution in [1.82, 2.24) is 0 Å². The predicted octanol–water partition coefficient (Wildman–Crippen LogP) is 5.04. The van der Waals surface area contributed by atoms with Gasteiger partial charge in [-0.15, -0.1) is 0 Å². The predicted molar refractivity (Wildman–Crippen MR) is 121 cm³/mol. The van der Waals surface area contributed by atoms with Crippen LogP contribution in [0.4, 0.5) is 0 Å². The number of carbonyl (C=O) groups excluding carboxylic acids is 1. The first-order chi connectivity index (χ1) is 14.6. The molecule has 2 fully saturated rings. The monoisotopic (exact) mass is 440 g/mol. The van der Waals surface area contributed by atoms with E-state index in [2.05, 4.69) is 33.8 Å². The Balaban J connectivity index is 1.92. The summed E-state index contributed by atoms with van der Waals surface area (Å²) in [7, 11) is 4.89. The lowest BCUT2D eigenvalue weighted by Gasteiger charge is -2.45. The molecule has 0 radical (unpaired) electrons. The molecule has 0 aliphatic carbocycles. The van der Waals surface area contributed by atoms with Gasteiger partial charge in [0.15, 0.2) is 5.79 Å². The van der Waals surface area contributed by atoms with Crippen molar-refractivity contribution in [2.75, 3.05) is 27.9 Å². The molecule has 0 aromatic heterocycles. The Hall–Kier alpha value is -0.950. The van der Waals surface area contributed by atoms with Gasteiger partial charge in [0.05, 0.1) is 36.9 Å². The van der Waals surface area contributed by atoms with Crippen LogP contribution in [0.2, 0.25) is 0 Å². The van der Waals surface area contributed by atoms with E-state index in [1.807, 2.05) is 6.92 Å². The second-order valence-electron chi connectivity index (χ2n) is 10.1. The molecule has 2 rings (SSSR count). The van der Waals surface area contributed by atoms with Gasteiger partial charge in [-0.2, -0.15) is 0 Å². The molecule has 180 valence electrons. The maximum absolute atomic E-state index is 11.9. The van der Waals surface area contributed by atoms with Crippen LogP contribution in [0.25, 0.3) is 0 Å². The first kappa shape index (κ1) is 26.3. The van der Waals surface area contributed by atoms with Crippen LogP contribution in [-0.2, 0) is 28.5 Å². The lowest BCUT2D eigenvalue weighted by Crippen LogP contribution is -2.53. The number of methoxy groups -OCH3 is 3. The van der Waals surface area contributed by atoms with Gasteiger partial charge in [-0.3, -0.25) is 4.79 Å². The highest BCUT2D eigenvalue weighted by Gasteiger charge is 2.54. The van der Waals surface area contributed by atoms with Crippen LogP contribution in [-0.4, -0.2) is 57.0 Å². The number of ether oxygens (including phenoxy) is 5. The fraction of sp³-hybridized carbons (Fsp3) is 0.880. The molecule has 0 spiro atoms. The number of hydrogen-bond donors (Lipinski definition) is 0. The molecule has 2 aliphatic heterocycles. The minimum absolute atomic E-state index is 0.0710. The summed E-state index contributed by atoms with van der Waals surface area (Å²) in [4.78, 5) is 11.9. The third-order valence-corrected chi connectivity index (χ3v) is 7.43. The average molecular weight is 441 g/mol. The topological polar surface area (TPSA) is 63.2 Å². The van der Waals surface area contributed by atoms with Crippen LogP contribution in [0, 0.1) is 11.8 Å². The maximum atomic E-state index is 11.9. The highest BCUT2D eigenvalue weighted by molar-refractivity contribution is 5.71. The van der Waals surface area contributed by atoms with E-state index in [1.165, 1.54) is 12.7 Å². The summed E-state index contributed by atoms with van der Waals surface area (Å²) in [5.74, 6) is -0.727. The zero-order valence-electron chi connectivity index (χ0n) is 20.9. The van der Waals surface area contributed by atoms with Gasteiger partial charge in [0.2, 0.25) is 0 Å². The largest absolute Gasteiger partial charge is 0.469 e. The quantitative estimate of drug-likeness (QED) is 0.241. The number of esters is 1. The number of carbonyl (C=O) groups is 1. The Kier molecular flexibility index (Phi) is 9.15. The zero-order valence-corrected chi connectivity index (χ0v) is 20.9. The SMILES string of the molecule is COC(=O)C(C)C[C@@]12CC[C@@H](O1)[C@](C)(CCCC(C)C(CC=C(C)C)(OC)OC)OC2. The van der Waals surface area contributed by atoms with Gasteiger partial charge in [-0.05, 0) is 52.9 Å². The normalized spacial score (nSPS) is 30.0. The number of hydrogen-bond acceptors (Lipinski definition) is 6. The molecular formula is C25H44O6. The summed E-state index contributed by atoms with van der Waals surface area (Å²) in [5, 5.41) is 0. The van der Waals surface area contributed by atoms with Crippen molar-refractivity contribution in [3.63, 3.8) is 0 Å². The van der Waals surface area contributed by atoms with Gasteiger partial charge in [-0.1, -0.05) is 31.9 Å². The number of allylic oxidation sites excluding steroid dienone is 1. The Morgan fingerprint density at radius 2 is 1.90 bits per heavy atom. The van der Waals surface area contributed by atoms with Crippen LogP contribution in [0.3, 0.4) is 0 Å².